The quantitative estimate of drug-likeness (QED) is 0.437. The van der Waals surface area contributed by atoms with Crippen LogP contribution in [-0.4, -0.2) is 20.7 Å². The Morgan fingerprint density at radius 2 is 1.83 bits per heavy atom. The van der Waals surface area contributed by atoms with E-state index in [1.807, 2.05) is 0 Å². The summed E-state index contributed by atoms with van der Waals surface area (Å²) in [4.78, 5) is 25.7. The summed E-state index contributed by atoms with van der Waals surface area (Å²) in [5.41, 5.74) is 0. The van der Waals surface area contributed by atoms with E-state index in [0.717, 1.165) is 0 Å². The predicted octanol–water partition coefficient (Wildman–Crippen LogP) is 1.37. The molecule has 0 aliphatic rings. The first-order chi connectivity index (χ1) is 5.12. The second-order valence-electron chi connectivity index (χ2n) is 2.29. The van der Waals surface area contributed by atoms with E-state index >= 15 is 0 Å². The molecule has 6 nitrogen and oxygen atoms in total. The fourth-order valence-electron chi connectivity index (χ4n) is 0.465. The Morgan fingerprint density at radius 3 is 2.08 bits per heavy atom. The normalized spacial score (nSPS) is 17.6. The van der Waals surface area contributed by atoms with Gasteiger partial charge in [0.2, 0.25) is 0 Å². The van der Waals surface area contributed by atoms with Gasteiger partial charge in [-0.15, -0.1) is 0 Å². The molecule has 0 aliphatic carbocycles. The van der Waals surface area contributed by atoms with E-state index in [4.69, 9.17) is 14.7 Å². The van der Waals surface area contributed by atoms with E-state index in [9.17, 15) is 4.57 Å². The Morgan fingerprint density at radius 1 is 1.42 bits per heavy atom. The lowest BCUT2D eigenvalue weighted by Gasteiger charge is -2.13. The number of hydrogen-bond acceptors (Lipinski definition) is 3. The molecule has 0 amide bonds. The molecular weight excluding hydrogens is 224 g/mol. The van der Waals surface area contributed by atoms with Crippen LogP contribution in [0.25, 0.3) is 0 Å². The van der Waals surface area contributed by atoms with Crippen molar-refractivity contribution in [3.63, 3.8) is 0 Å². The van der Waals surface area contributed by atoms with E-state index in [-0.39, 0.29) is 6.04 Å². The van der Waals surface area contributed by atoms with Crippen LogP contribution < -0.4 is 0 Å². The molecule has 0 rings (SSSR count). The molecule has 3 N–H and O–H groups in total. The predicted molar refractivity (Wildman–Crippen MR) is 48.8 cm³/mol. The van der Waals surface area contributed by atoms with Gasteiger partial charge >= 0.3 is 7.82 Å². The van der Waals surface area contributed by atoms with Gasteiger partial charge in [-0.05, 0) is 13.8 Å². The molecule has 0 saturated heterocycles. The summed E-state index contributed by atoms with van der Waals surface area (Å²) < 4.78 is 17.7. The highest BCUT2D eigenvalue weighted by Crippen LogP contribution is 2.62. The third-order valence-electron chi connectivity index (χ3n) is 0.597. The van der Waals surface area contributed by atoms with Crippen molar-refractivity contribution in [3.8, 4) is 0 Å². The van der Waals surface area contributed by atoms with Crippen LogP contribution in [0.3, 0.4) is 0 Å². The Kier molecular flexibility index (Phi) is 4.47. The average Bonchev–Trinajstić information content (AvgIpc) is 1.48. The van der Waals surface area contributed by atoms with Gasteiger partial charge in [0.1, 0.15) is 0 Å². The molecule has 0 radical (unpaired) electrons. The zero-order valence-corrected chi connectivity index (χ0v) is 9.21. The van der Waals surface area contributed by atoms with Gasteiger partial charge < -0.3 is 14.7 Å². The summed E-state index contributed by atoms with van der Waals surface area (Å²) in [5, 5.41) is 0. The summed E-state index contributed by atoms with van der Waals surface area (Å²) in [5.74, 6) is 0. The second-order valence-corrected chi connectivity index (χ2v) is 6.75. The van der Waals surface area contributed by atoms with Crippen molar-refractivity contribution in [3.05, 3.63) is 0 Å². The van der Waals surface area contributed by atoms with E-state index in [1.54, 1.807) is 13.8 Å². The largest absolute Gasteiger partial charge is 0.476 e. The van der Waals surface area contributed by atoms with Gasteiger partial charge in [-0.1, -0.05) is 12.2 Å². The van der Waals surface area contributed by atoms with Crippen LogP contribution in [0, 0.1) is 0 Å². The van der Waals surface area contributed by atoms with Crippen LogP contribution in [0.2, 0.25) is 0 Å². The van der Waals surface area contributed by atoms with Crippen LogP contribution in [0.5, 0.6) is 0 Å². The molecule has 9 heteroatoms. The van der Waals surface area contributed by atoms with Gasteiger partial charge in [0.25, 0.3) is 6.71 Å². The molecule has 12 heavy (non-hydrogen) atoms. The van der Waals surface area contributed by atoms with Gasteiger partial charge in [0, 0.05) is 6.04 Å². The topological polar surface area (TPSA) is 99.4 Å². The number of thiol groups is 1. The van der Waals surface area contributed by atoms with Crippen molar-refractivity contribution in [2.75, 3.05) is 0 Å². The standard InChI is InChI=1S/C3H11NO5P2S/c1-3(2)4-10(5,12)9-11(6,7)8/h3,5,12H,1-2H3,(H2,6,7,8). The van der Waals surface area contributed by atoms with Crippen molar-refractivity contribution >= 4 is 26.8 Å². The number of nitrogens with zero attached hydrogens (tertiary/aromatic N) is 1. The molecular formula is C3H11NO5P2S. The second kappa shape index (κ2) is 4.24. The Labute approximate surface area is 75.6 Å². The minimum Gasteiger partial charge on any atom is -0.332 e. The maximum atomic E-state index is 10.3. The van der Waals surface area contributed by atoms with E-state index < -0.39 is 14.5 Å². The number of rotatable bonds is 3. The fraction of sp³-hybridized carbons (Fsp3) is 1.00. The maximum Gasteiger partial charge on any atom is 0.476 e. The molecule has 74 valence electrons. The average molecular weight is 235 g/mol. The molecule has 0 aromatic heterocycles. The molecule has 0 spiro atoms. The first-order valence-corrected chi connectivity index (χ1v) is 7.26. The number of phosphoric acid groups is 1. The van der Waals surface area contributed by atoms with Crippen LogP contribution in [-0.2, 0) is 8.88 Å². The highest BCUT2D eigenvalue weighted by molar-refractivity contribution is 8.45. The zero-order valence-electron chi connectivity index (χ0n) is 6.52. The van der Waals surface area contributed by atoms with Crippen LogP contribution in [0.4, 0.5) is 0 Å². The first-order valence-electron chi connectivity index (χ1n) is 2.96. The van der Waals surface area contributed by atoms with Crippen LogP contribution in [0.1, 0.15) is 13.8 Å². The molecule has 0 saturated carbocycles. The van der Waals surface area contributed by atoms with Crippen molar-refractivity contribution in [2.45, 2.75) is 19.9 Å². The minimum atomic E-state index is -4.71. The Balaban J connectivity index is 4.54. The third-order valence-corrected chi connectivity index (χ3v) is 4.05. The number of hydrogen-bond donors (Lipinski definition) is 4. The lowest BCUT2D eigenvalue weighted by molar-refractivity contribution is 0.283. The van der Waals surface area contributed by atoms with Gasteiger partial charge in [0.15, 0.2) is 0 Å². The Bertz CT molecular complexity index is 241. The first kappa shape index (κ1) is 12.7. The summed E-state index contributed by atoms with van der Waals surface area (Å²) in [6.45, 7) is -0.305. The molecule has 1 atom stereocenters. The molecule has 0 aromatic carbocycles. The summed E-state index contributed by atoms with van der Waals surface area (Å²) in [6.07, 6.45) is 0. The van der Waals surface area contributed by atoms with E-state index in [1.165, 1.54) is 0 Å². The third kappa shape index (κ3) is 7.31. The molecule has 0 heterocycles. The lowest BCUT2D eigenvalue weighted by atomic mass is 10.4. The van der Waals surface area contributed by atoms with E-state index in [0.29, 0.717) is 0 Å². The highest BCUT2D eigenvalue weighted by Gasteiger charge is 2.25. The maximum absolute atomic E-state index is 10.3. The minimum absolute atomic E-state index is 0.299. The molecule has 0 fully saturated rings. The van der Waals surface area contributed by atoms with Crippen molar-refractivity contribution in [1.29, 1.82) is 0 Å². The Hall–Kier alpha value is 0.650. The fourth-order valence-corrected chi connectivity index (χ4v) is 3.85. The molecule has 0 aromatic rings. The highest BCUT2D eigenvalue weighted by atomic mass is 32.7. The van der Waals surface area contributed by atoms with Crippen molar-refractivity contribution < 1.29 is 23.6 Å². The lowest BCUT2D eigenvalue weighted by Crippen LogP contribution is -1.89. The van der Waals surface area contributed by atoms with Crippen LogP contribution in [0.15, 0.2) is 4.74 Å². The van der Waals surface area contributed by atoms with Crippen molar-refractivity contribution in [2.24, 2.45) is 4.74 Å². The van der Waals surface area contributed by atoms with Gasteiger partial charge in [-0.3, -0.25) is 0 Å². The van der Waals surface area contributed by atoms with Gasteiger partial charge in [-0.2, -0.15) is 0 Å². The molecule has 0 aliphatic heterocycles. The van der Waals surface area contributed by atoms with E-state index in [2.05, 4.69) is 21.3 Å². The SMILES string of the molecule is CC(C)N=P(O)(S)OP(=O)(O)O. The van der Waals surface area contributed by atoms with Gasteiger partial charge in [-0.25, -0.2) is 13.6 Å². The van der Waals surface area contributed by atoms with Crippen molar-refractivity contribution in [1.82, 2.24) is 0 Å². The van der Waals surface area contributed by atoms with Gasteiger partial charge in [0.05, 0.1) is 0 Å². The summed E-state index contributed by atoms with van der Waals surface area (Å²) in [7, 11) is -4.71. The smallest absolute Gasteiger partial charge is 0.332 e. The molecule has 0 bridgehead atoms. The van der Waals surface area contributed by atoms with Crippen LogP contribution >= 0.6 is 26.8 Å². The summed E-state index contributed by atoms with van der Waals surface area (Å²) in [6, 6.07) is -0.299. The monoisotopic (exact) mass is 235 g/mol. The summed E-state index contributed by atoms with van der Waals surface area (Å²) >= 11 is 3.51. The molecule has 1 unspecified atom stereocenters. The zero-order chi connectivity index (χ0) is 9.99.